The third-order valence-corrected chi connectivity index (χ3v) is 3.35. The van der Waals surface area contributed by atoms with E-state index >= 15 is 0 Å². The van der Waals surface area contributed by atoms with Crippen molar-refractivity contribution in [2.24, 2.45) is 5.41 Å². The van der Waals surface area contributed by atoms with Gasteiger partial charge in [0.05, 0.1) is 0 Å². The summed E-state index contributed by atoms with van der Waals surface area (Å²) in [5, 5.41) is 3.55. The molecule has 0 amide bonds. The fraction of sp³-hybridized carbons (Fsp3) is 0.647. The molecule has 0 atom stereocenters. The summed E-state index contributed by atoms with van der Waals surface area (Å²) in [6, 6.07) is 10.7. The smallest absolute Gasteiger partial charge is 0.0234 e. The summed E-state index contributed by atoms with van der Waals surface area (Å²) in [5.74, 6) is 0. The first kappa shape index (κ1) is 16.2. The van der Waals surface area contributed by atoms with E-state index < -0.39 is 0 Å². The van der Waals surface area contributed by atoms with Gasteiger partial charge in [0.25, 0.3) is 0 Å². The zero-order valence-electron chi connectivity index (χ0n) is 13.1. The second-order valence-corrected chi connectivity index (χ2v) is 6.42. The maximum atomic E-state index is 3.55. The van der Waals surface area contributed by atoms with Crippen molar-refractivity contribution in [3.8, 4) is 0 Å². The van der Waals surface area contributed by atoms with Crippen LogP contribution in [-0.2, 0) is 6.54 Å². The molecule has 108 valence electrons. The molecule has 0 aromatic heterocycles. The number of nitrogens with zero attached hydrogens (tertiary/aromatic N) is 1. The van der Waals surface area contributed by atoms with Gasteiger partial charge >= 0.3 is 0 Å². The Labute approximate surface area is 119 Å². The summed E-state index contributed by atoms with van der Waals surface area (Å²) < 4.78 is 0. The van der Waals surface area contributed by atoms with Crippen LogP contribution in [0.3, 0.4) is 0 Å². The maximum Gasteiger partial charge on any atom is 0.0234 e. The lowest BCUT2D eigenvalue weighted by molar-refractivity contribution is 0.275. The lowest BCUT2D eigenvalue weighted by Crippen LogP contribution is -2.32. The van der Waals surface area contributed by atoms with Crippen LogP contribution < -0.4 is 5.32 Å². The molecule has 0 bridgehead atoms. The molecule has 19 heavy (non-hydrogen) atoms. The van der Waals surface area contributed by atoms with Crippen molar-refractivity contribution in [3.63, 3.8) is 0 Å². The van der Waals surface area contributed by atoms with Gasteiger partial charge in [0.15, 0.2) is 0 Å². The molecule has 0 heterocycles. The molecule has 0 unspecified atom stereocenters. The van der Waals surface area contributed by atoms with Crippen LogP contribution in [0.1, 0.15) is 39.7 Å². The minimum absolute atomic E-state index is 0.432. The second-order valence-electron chi connectivity index (χ2n) is 6.42. The second kappa shape index (κ2) is 8.34. The lowest BCUT2D eigenvalue weighted by Gasteiger charge is -2.22. The van der Waals surface area contributed by atoms with Gasteiger partial charge in [-0.1, -0.05) is 58.0 Å². The predicted molar refractivity (Wildman–Crippen MR) is 84.3 cm³/mol. The van der Waals surface area contributed by atoms with Crippen LogP contribution in [0.2, 0.25) is 0 Å². The number of rotatable bonds is 8. The summed E-state index contributed by atoms with van der Waals surface area (Å²) in [7, 11) is 0. The van der Waals surface area contributed by atoms with E-state index in [9.17, 15) is 0 Å². The quantitative estimate of drug-likeness (QED) is 0.721. The van der Waals surface area contributed by atoms with Crippen LogP contribution in [0.4, 0.5) is 0 Å². The van der Waals surface area contributed by atoms with Gasteiger partial charge < -0.3 is 5.32 Å². The molecule has 0 radical (unpaired) electrons. The fourth-order valence-corrected chi connectivity index (χ4v) is 2.02. The van der Waals surface area contributed by atoms with Crippen molar-refractivity contribution in [1.82, 2.24) is 10.2 Å². The van der Waals surface area contributed by atoms with Crippen molar-refractivity contribution >= 4 is 0 Å². The van der Waals surface area contributed by atoms with Gasteiger partial charge in [0, 0.05) is 19.6 Å². The van der Waals surface area contributed by atoms with Crippen LogP contribution >= 0.6 is 0 Å². The molecule has 0 aliphatic carbocycles. The Morgan fingerprint density at radius 3 is 2.32 bits per heavy atom. The first-order valence-corrected chi connectivity index (χ1v) is 7.48. The highest BCUT2D eigenvalue weighted by molar-refractivity contribution is 5.14. The Hall–Kier alpha value is -0.860. The van der Waals surface area contributed by atoms with Crippen molar-refractivity contribution in [3.05, 3.63) is 35.9 Å². The average Bonchev–Trinajstić information content (AvgIpc) is 2.37. The monoisotopic (exact) mass is 262 g/mol. The maximum absolute atomic E-state index is 3.55. The lowest BCUT2D eigenvalue weighted by atomic mass is 9.92. The summed E-state index contributed by atoms with van der Waals surface area (Å²) in [4.78, 5) is 2.49. The molecule has 0 spiro atoms. The van der Waals surface area contributed by atoms with Crippen molar-refractivity contribution < 1.29 is 0 Å². The average molecular weight is 262 g/mol. The van der Waals surface area contributed by atoms with E-state index in [0.717, 1.165) is 32.7 Å². The Morgan fingerprint density at radius 2 is 1.74 bits per heavy atom. The van der Waals surface area contributed by atoms with Crippen LogP contribution in [0.5, 0.6) is 0 Å². The Morgan fingerprint density at radius 1 is 1.05 bits per heavy atom. The number of benzene rings is 1. The highest BCUT2D eigenvalue weighted by atomic mass is 15.1. The zero-order chi connectivity index (χ0) is 14.1. The predicted octanol–water partition coefficient (Wildman–Crippen LogP) is 3.53. The molecule has 1 aromatic rings. The summed E-state index contributed by atoms with van der Waals surface area (Å²) >= 11 is 0. The van der Waals surface area contributed by atoms with Crippen molar-refractivity contribution in [2.75, 3.05) is 26.2 Å². The normalized spacial score (nSPS) is 12.1. The molecule has 1 N–H and O–H groups in total. The van der Waals surface area contributed by atoms with Crippen LogP contribution in [0, 0.1) is 5.41 Å². The van der Waals surface area contributed by atoms with Gasteiger partial charge in [-0.15, -0.1) is 0 Å². The molecule has 0 saturated heterocycles. The molecular weight excluding hydrogens is 232 g/mol. The summed E-state index contributed by atoms with van der Waals surface area (Å²) in [6.45, 7) is 14.6. The molecule has 1 aromatic carbocycles. The number of nitrogens with one attached hydrogen (secondary N) is 1. The van der Waals surface area contributed by atoms with Crippen LogP contribution in [-0.4, -0.2) is 31.1 Å². The molecular formula is C17H30N2. The third-order valence-electron chi connectivity index (χ3n) is 3.35. The van der Waals surface area contributed by atoms with Gasteiger partial charge in [-0.05, 0) is 30.5 Å². The molecule has 0 aliphatic rings. The molecule has 2 heteroatoms. The largest absolute Gasteiger partial charge is 0.315 e. The van der Waals surface area contributed by atoms with Gasteiger partial charge in [0.1, 0.15) is 0 Å². The van der Waals surface area contributed by atoms with Crippen molar-refractivity contribution in [2.45, 2.75) is 40.7 Å². The number of hydrogen-bond acceptors (Lipinski definition) is 2. The molecule has 1 rings (SSSR count). The first-order valence-electron chi connectivity index (χ1n) is 7.48. The Kier molecular flexibility index (Phi) is 7.11. The fourth-order valence-electron chi connectivity index (χ4n) is 2.02. The third kappa shape index (κ3) is 8.02. The molecule has 0 aliphatic heterocycles. The molecule has 0 saturated carbocycles. The van der Waals surface area contributed by atoms with E-state index in [4.69, 9.17) is 0 Å². The van der Waals surface area contributed by atoms with Crippen LogP contribution in [0.15, 0.2) is 30.3 Å². The standard InChI is InChI=1S/C17H30N2/c1-5-19(15-16-9-7-6-8-10-16)14-13-18-12-11-17(2,3)4/h6-10,18H,5,11-15H2,1-4H3. The first-order chi connectivity index (χ1) is 9.01. The minimum atomic E-state index is 0.432. The molecule has 0 fully saturated rings. The van der Waals surface area contributed by atoms with Gasteiger partial charge in [-0.25, -0.2) is 0 Å². The Bertz CT molecular complexity index is 327. The highest BCUT2D eigenvalue weighted by Crippen LogP contribution is 2.16. The molecule has 2 nitrogen and oxygen atoms in total. The van der Waals surface area contributed by atoms with E-state index in [1.54, 1.807) is 0 Å². The zero-order valence-corrected chi connectivity index (χ0v) is 13.1. The van der Waals surface area contributed by atoms with E-state index in [2.05, 4.69) is 68.2 Å². The van der Waals surface area contributed by atoms with Crippen molar-refractivity contribution in [1.29, 1.82) is 0 Å². The van der Waals surface area contributed by atoms with E-state index in [1.807, 2.05) is 0 Å². The van der Waals surface area contributed by atoms with E-state index in [-0.39, 0.29) is 0 Å². The van der Waals surface area contributed by atoms with Gasteiger partial charge in [-0.3, -0.25) is 4.90 Å². The SMILES string of the molecule is CCN(CCNCCC(C)(C)C)Cc1ccccc1. The number of likely N-dealkylation sites (N-methyl/N-ethyl adjacent to an activating group) is 1. The Balaban J connectivity index is 2.19. The van der Waals surface area contributed by atoms with E-state index in [1.165, 1.54) is 12.0 Å². The summed E-state index contributed by atoms with van der Waals surface area (Å²) in [5.41, 5.74) is 1.83. The summed E-state index contributed by atoms with van der Waals surface area (Å²) in [6.07, 6.45) is 1.23. The van der Waals surface area contributed by atoms with Gasteiger partial charge in [-0.2, -0.15) is 0 Å². The highest BCUT2D eigenvalue weighted by Gasteiger charge is 2.09. The van der Waals surface area contributed by atoms with E-state index in [0.29, 0.717) is 5.41 Å². The minimum Gasteiger partial charge on any atom is -0.315 e. The van der Waals surface area contributed by atoms with Gasteiger partial charge in [0.2, 0.25) is 0 Å². The number of hydrogen-bond donors (Lipinski definition) is 1. The van der Waals surface area contributed by atoms with Crippen LogP contribution in [0.25, 0.3) is 0 Å². The topological polar surface area (TPSA) is 15.3 Å².